The normalized spacial score (nSPS) is 14.3. The second-order valence-electron chi connectivity index (χ2n) is 19.0. The molecule has 2 aromatic heterocycles. The Kier molecular flexibility index (Phi) is 22.3. The van der Waals surface area contributed by atoms with Crippen LogP contribution in [-0.4, -0.2) is 78.4 Å². The Morgan fingerprint density at radius 2 is 1.07 bits per heavy atom. The van der Waals surface area contributed by atoms with Crippen LogP contribution in [0.3, 0.4) is 0 Å². The summed E-state index contributed by atoms with van der Waals surface area (Å²) in [6.07, 6.45) is 7.54. The third kappa shape index (κ3) is 17.2. The minimum absolute atomic E-state index is 0.0108. The smallest absolute Gasteiger partial charge is 0.288 e. The fraction of sp³-hybridized carbons (Fsp3) is 0.351. The van der Waals surface area contributed by atoms with Gasteiger partial charge in [0.25, 0.3) is 11.8 Å². The first-order valence-corrected chi connectivity index (χ1v) is 29.5. The van der Waals surface area contributed by atoms with Crippen LogP contribution < -0.4 is 36.2 Å². The van der Waals surface area contributed by atoms with Crippen molar-refractivity contribution in [2.75, 3.05) is 26.4 Å². The van der Waals surface area contributed by atoms with Crippen LogP contribution >= 0.6 is 0 Å². The average Bonchev–Trinajstić information content (AvgIpc) is 4.37. The van der Waals surface area contributed by atoms with Gasteiger partial charge >= 0.3 is 0 Å². The van der Waals surface area contributed by atoms with Gasteiger partial charge in [-0.05, 0) is 71.5 Å². The number of hydrogen-bond donors (Lipinski definition) is 7. The number of sulfonamides is 2. The van der Waals surface area contributed by atoms with E-state index in [9.17, 15) is 40.8 Å². The third-order valence-electron chi connectivity index (χ3n) is 13.2. The van der Waals surface area contributed by atoms with Gasteiger partial charge in [0.1, 0.15) is 18.1 Å². The fourth-order valence-electron chi connectivity index (χ4n) is 8.68. The van der Waals surface area contributed by atoms with Gasteiger partial charge in [-0.25, -0.2) is 36.8 Å². The van der Waals surface area contributed by atoms with Crippen molar-refractivity contribution in [3.05, 3.63) is 155 Å². The van der Waals surface area contributed by atoms with E-state index in [0.717, 1.165) is 54.7 Å². The molecule has 21 nitrogen and oxygen atoms in total. The Labute approximate surface area is 465 Å². The van der Waals surface area contributed by atoms with E-state index in [4.69, 9.17) is 18.5 Å². The molecule has 23 heteroatoms. The van der Waals surface area contributed by atoms with Gasteiger partial charge in [0, 0.05) is 30.8 Å². The van der Waals surface area contributed by atoms with E-state index in [-0.39, 0.29) is 78.6 Å². The van der Waals surface area contributed by atoms with Crippen molar-refractivity contribution in [2.45, 2.75) is 101 Å². The molecule has 7 N–H and O–H groups in total. The lowest BCUT2D eigenvalue weighted by atomic mass is 10.0. The Hall–Kier alpha value is -7.51. The van der Waals surface area contributed by atoms with Gasteiger partial charge in [0.2, 0.25) is 38.3 Å². The van der Waals surface area contributed by atoms with Crippen molar-refractivity contribution in [2.24, 2.45) is 11.8 Å². The first-order chi connectivity index (χ1) is 38.7. The summed E-state index contributed by atoms with van der Waals surface area (Å²) in [6, 6.07) is 35.3. The Bertz CT molecular complexity index is 3260. The quantitative estimate of drug-likeness (QED) is 0.0110. The molecule has 0 radical (unpaired) electrons. The number of carbonyl (C=O) groups excluding carboxylic acids is 5. The third-order valence-corrected chi connectivity index (χ3v) is 16.2. The summed E-state index contributed by atoms with van der Waals surface area (Å²) in [5.41, 5.74) is 7.24. The first-order valence-electron chi connectivity index (χ1n) is 26.5. The molecule has 4 heterocycles. The number of unbranched alkanes of at least 4 members (excludes halogenated alkanes) is 4. The van der Waals surface area contributed by atoms with Crippen molar-refractivity contribution in [3.8, 4) is 22.6 Å². The van der Waals surface area contributed by atoms with Crippen molar-refractivity contribution in [1.29, 1.82) is 0 Å². The van der Waals surface area contributed by atoms with Crippen molar-refractivity contribution < 1.29 is 59.3 Å². The van der Waals surface area contributed by atoms with Gasteiger partial charge < -0.3 is 30.1 Å². The summed E-state index contributed by atoms with van der Waals surface area (Å²) in [4.78, 5) is 74.2. The topological polar surface area (TPSA) is 286 Å². The number of rotatable bonds is 29. The molecule has 2 aliphatic heterocycles. The van der Waals surface area contributed by atoms with E-state index < -0.39 is 37.8 Å². The number of hydroxylamine groups is 3. The maximum absolute atomic E-state index is 13.0. The number of hydrogen-bond acceptors (Lipinski definition) is 14. The SMILES string of the molecule is CCCCC[C@H](CN(C=O)OCc1ccccc1)C(=O)NCNC(=O)c1ccc(-c2ccc3c(c2)S(=O)(=O)NC3)o1.CCCCC[C@H](CNOCc1ccccc1)C(=O)NCNC(=O)c1ccc(-c2ccc3c(c2)S(=O)(=O)NC3)o1. The van der Waals surface area contributed by atoms with E-state index in [1.165, 1.54) is 24.3 Å². The molecule has 0 bridgehead atoms. The number of carbonyl (C=O) groups is 5. The van der Waals surface area contributed by atoms with Crippen LogP contribution in [0.5, 0.6) is 0 Å². The first kappa shape index (κ1) is 60.1. The minimum Gasteiger partial charge on any atom is -0.451 e. The molecular formula is C57H68N8O13S2. The number of furan rings is 2. The van der Waals surface area contributed by atoms with Crippen LogP contribution in [0.2, 0.25) is 0 Å². The van der Waals surface area contributed by atoms with Crippen LogP contribution in [0.4, 0.5) is 0 Å². The van der Waals surface area contributed by atoms with Gasteiger partial charge in [0.15, 0.2) is 11.5 Å². The molecule has 0 saturated heterocycles. The van der Waals surface area contributed by atoms with Gasteiger partial charge in [0.05, 0.1) is 48.1 Å². The van der Waals surface area contributed by atoms with Crippen molar-refractivity contribution in [3.63, 3.8) is 0 Å². The second-order valence-corrected chi connectivity index (χ2v) is 22.5. The zero-order valence-electron chi connectivity index (χ0n) is 44.7. The Morgan fingerprint density at radius 3 is 1.56 bits per heavy atom. The number of benzene rings is 4. The zero-order valence-corrected chi connectivity index (χ0v) is 46.3. The Morgan fingerprint density at radius 1 is 0.600 bits per heavy atom. The lowest BCUT2D eigenvalue weighted by molar-refractivity contribution is -0.182. The maximum atomic E-state index is 13.0. The molecule has 0 unspecified atom stereocenters. The molecule has 80 heavy (non-hydrogen) atoms. The van der Waals surface area contributed by atoms with E-state index >= 15 is 0 Å². The summed E-state index contributed by atoms with van der Waals surface area (Å²) < 4.78 is 64.8. The van der Waals surface area contributed by atoms with Gasteiger partial charge in [-0.3, -0.25) is 33.6 Å². The highest BCUT2D eigenvalue weighted by Crippen LogP contribution is 2.31. The number of amides is 5. The molecule has 5 amide bonds. The second kappa shape index (κ2) is 29.6. The zero-order chi connectivity index (χ0) is 56.9. The monoisotopic (exact) mass is 1140 g/mol. The standard InChI is InChI=1S/C29H34N4O7S.C28H34N4O6S/c1-2-3-5-10-24(17-33(20-34)39-18-21-8-6-4-7-9-21)28(35)30-19-31-29(36)26-14-13-25(40-26)22-11-12-23-16-32-41(37,38)27(23)15-22;1-2-3-5-10-23(16-31-37-18-20-8-6-4-7-9-20)27(33)29-19-30-28(34)25-14-13-24(38-25)21-11-12-22-17-32-39(35,36)26(22)15-21/h4,6-9,11-15,20,24,32H,2-3,5,10,16-19H2,1H3,(H,30,35)(H,31,36);4,6-9,11-15,23,31-32H,2-3,5,10,16-19H2,1H3,(H,29,33)(H,30,34)/t24-;23-/m11/s1. The van der Waals surface area contributed by atoms with Crippen LogP contribution in [0, 0.1) is 11.8 Å². The molecule has 0 spiro atoms. The highest BCUT2D eigenvalue weighted by molar-refractivity contribution is 7.90. The lowest BCUT2D eigenvalue weighted by Crippen LogP contribution is -2.43. The number of nitrogens with one attached hydrogen (secondary N) is 7. The van der Waals surface area contributed by atoms with Crippen molar-refractivity contribution >= 4 is 50.1 Å². The predicted octanol–water partition coefficient (Wildman–Crippen LogP) is 6.79. The molecule has 0 aliphatic carbocycles. The van der Waals surface area contributed by atoms with Gasteiger partial charge in [-0.1, -0.05) is 137 Å². The average molecular weight is 1140 g/mol. The molecule has 0 fully saturated rings. The van der Waals surface area contributed by atoms with E-state index in [1.807, 2.05) is 60.7 Å². The Balaban J connectivity index is 0.000000231. The van der Waals surface area contributed by atoms with Crippen LogP contribution in [-0.2, 0) is 70.4 Å². The van der Waals surface area contributed by atoms with E-state index in [2.05, 4.69) is 50.0 Å². The van der Waals surface area contributed by atoms with Gasteiger partial charge in [-0.15, -0.1) is 0 Å². The predicted molar refractivity (Wildman–Crippen MR) is 296 cm³/mol. The molecule has 0 saturated carbocycles. The highest BCUT2D eigenvalue weighted by Gasteiger charge is 2.28. The molecule has 2 aliphatic rings. The minimum atomic E-state index is -3.55. The molecule has 6 aromatic rings. The summed E-state index contributed by atoms with van der Waals surface area (Å²) in [5, 5.41) is 11.8. The van der Waals surface area contributed by atoms with Crippen LogP contribution in [0.25, 0.3) is 22.6 Å². The summed E-state index contributed by atoms with van der Waals surface area (Å²) in [5.74, 6) is -1.62. The van der Waals surface area contributed by atoms with Crippen LogP contribution in [0.1, 0.15) is 109 Å². The highest BCUT2D eigenvalue weighted by atomic mass is 32.2. The van der Waals surface area contributed by atoms with E-state index in [0.29, 0.717) is 66.2 Å². The molecule has 4 aromatic carbocycles. The lowest BCUT2D eigenvalue weighted by Gasteiger charge is -2.23. The number of nitrogens with zero attached hydrogens (tertiary/aromatic N) is 1. The molecule has 8 rings (SSSR count). The molecule has 426 valence electrons. The van der Waals surface area contributed by atoms with Crippen LogP contribution in [0.15, 0.2) is 140 Å². The summed E-state index contributed by atoms with van der Waals surface area (Å²) >= 11 is 0. The summed E-state index contributed by atoms with van der Waals surface area (Å²) in [6.45, 7) is 5.47. The molecule has 2 atom stereocenters. The largest absolute Gasteiger partial charge is 0.451 e. The van der Waals surface area contributed by atoms with Crippen molar-refractivity contribution in [1.82, 2.24) is 41.3 Å². The summed E-state index contributed by atoms with van der Waals surface area (Å²) in [7, 11) is -7.07. The van der Waals surface area contributed by atoms with E-state index in [1.54, 1.807) is 36.4 Å². The molecular weight excluding hydrogens is 1070 g/mol. The maximum Gasteiger partial charge on any atom is 0.288 e. The number of fused-ring (bicyclic) bond motifs is 2. The fourth-order valence-corrected chi connectivity index (χ4v) is 11.2. The van der Waals surface area contributed by atoms with Gasteiger partial charge in [-0.2, -0.15) is 0 Å².